The van der Waals surface area contributed by atoms with Crippen molar-refractivity contribution in [3.8, 4) is 0 Å². The van der Waals surface area contributed by atoms with Gasteiger partial charge < -0.3 is 15.5 Å². The lowest BCUT2D eigenvalue weighted by Gasteiger charge is -2.19. The zero-order valence-electron chi connectivity index (χ0n) is 16.8. The summed E-state index contributed by atoms with van der Waals surface area (Å²) in [5, 5.41) is 6.34. The van der Waals surface area contributed by atoms with Crippen LogP contribution >= 0.6 is 0 Å². The third-order valence-corrected chi connectivity index (χ3v) is 4.82. The average Bonchev–Trinajstić information content (AvgIpc) is 2.60. The molecule has 7 nitrogen and oxygen atoms in total. The summed E-state index contributed by atoms with van der Waals surface area (Å²) in [6.07, 6.45) is 1.65. The lowest BCUT2D eigenvalue weighted by atomic mass is 10.1. The molecule has 0 radical (unpaired) electrons. The Kier molecular flexibility index (Phi) is 9.85. The lowest BCUT2D eigenvalue weighted by molar-refractivity contribution is -0.130. The van der Waals surface area contributed by atoms with E-state index in [1.54, 1.807) is 0 Å². The normalized spacial score (nSPS) is 11.9. The van der Waals surface area contributed by atoms with Crippen molar-refractivity contribution < 1.29 is 13.2 Å². The molecule has 0 aromatic heterocycles. The van der Waals surface area contributed by atoms with E-state index < -0.39 is 9.84 Å². The van der Waals surface area contributed by atoms with Gasteiger partial charge in [0.25, 0.3) is 0 Å². The van der Waals surface area contributed by atoms with Gasteiger partial charge >= 0.3 is 0 Å². The van der Waals surface area contributed by atoms with Crippen LogP contribution in [0.15, 0.2) is 29.3 Å². The van der Waals surface area contributed by atoms with Gasteiger partial charge in [-0.3, -0.25) is 4.79 Å². The lowest BCUT2D eigenvalue weighted by Crippen LogP contribution is -2.40. The second kappa shape index (κ2) is 11.6. The van der Waals surface area contributed by atoms with E-state index in [0.717, 1.165) is 30.8 Å². The molecule has 1 amide bonds. The largest absolute Gasteiger partial charge is 0.357 e. The summed E-state index contributed by atoms with van der Waals surface area (Å²) in [4.78, 5) is 18.4. The Hall–Kier alpha value is -2.09. The Morgan fingerprint density at radius 1 is 1.04 bits per heavy atom. The molecule has 0 spiro atoms. The smallest absolute Gasteiger partial charge is 0.224 e. The highest BCUT2D eigenvalue weighted by Crippen LogP contribution is 2.08. The van der Waals surface area contributed by atoms with Gasteiger partial charge in [0.15, 0.2) is 15.8 Å². The van der Waals surface area contributed by atoms with E-state index in [1.807, 2.05) is 49.9 Å². The van der Waals surface area contributed by atoms with Crippen LogP contribution in [0, 0.1) is 0 Å². The van der Waals surface area contributed by atoms with Crippen molar-refractivity contribution in [1.29, 1.82) is 0 Å². The molecular formula is C19H32N4O3S. The van der Waals surface area contributed by atoms with Crippen LogP contribution in [0.5, 0.6) is 0 Å². The molecule has 0 saturated carbocycles. The molecule has 152 valence electrons. The molecule has 2 N–H and O–H groups in total. The van der Waals surface area contributed by atoms with Crippen molar-refractivity contribution in [2.45, 2.75) is 39.5 Å². The minimum atomic E-state index is -3.03. The third kappa shape index (κ3) is 9.42. The van der Waals surface area contributed by atoms with Gasteiger partial charge in [-0.2, -0.15) is 0 Å². The predicted molar refractivity (Wildman–Crippen MR) is 110 cm³/mol. The molecule has 1 aromatic carbocycles. The molecular weight excluding hydrogens is 364 g/mol. The molecule has 0 unspecified atom stereocenters. The molecule has 0 saturated heterocycles. The number of nitrogens with zero attached hydrogens (tertiary/aromatic N) is 2. The van der Waals surface area contributed by atoms with E-state index >= 15 is 0 Å². The maximum atomic E-state index is 12.0. The number of hydrogen-bond donors (Lipinski definition) is 2. The molecule has 0 heterocycles. The zero-order valence-corrected chi connectivity index (χ0v) is 17.6. The van der Waals surface area contributed by atoms with Crippen molar-refractivity contribution in [2.75, 3.05) is 32.4 Å². The number of sulfone groups is 1. The van der Waals surface area contributed by atoms with Crippen LogP contribution in [-0.2, 0) is 26.9 Å². The first-order chi connectivity index (χ1) is 12.8. The van der Waals surface area contributed by atoms with Gasteiger partial charge in [0.05, 0.1) is 12.3 Å². The Bertz CT molecular complexity index is 711. The molecule has 8 heteroatoms. The number of amides is 1. The van der Waals surface area contributed by atoms with E-state index in [0.29, 0.717) is 25.5 Å². The van der Waals surface area contributed by atoms with Crippen LogP contribution < -0.4 is 10.6 Å². The number of benzene rings is 1. The molecule has 0 bridgehead atoms. The summed E-state index contributed by atoms with van der Waals surface area (Å²) in [5.41, 5.74) is 1.76. The highest BCUT2D eigenvalue weighted by atomic mass is 32.2. The maximum Gasteiger partial charge on any atom is 0.224 e. The first-order valence-corrected chi connectivity index (χ1v) is 11.4. The monoisotopic (exact) mass is 396 g/mol. The molecule has 0 atom stereocenters. The number of rotatable bonds is 10. The molecule has 0 fully saturated rings. The summed E-state index contributed by atoms with van der Waals surface area (Å²) in [5.74, 6) is 0.830. The van der Waals surface area contributed by atoms with Gasteiger partial charge in [-0.25, -0.2) is 13.4 Å². The predicted octanol–water partition coefficient (Wildman–Crippen LogP) is 1.54. The second-order valence-corrected chi connectivity index (χ2v) is 8.46. The number of carbonyl (C=O) groups excluding carboxylic acids is 1. The number of guanidine groups is 1. The van der Waals surface area contributed by atoms with Crippen LogP contribution in [0.25, 0.3) is 0 Å². The Morgan fingerprint density at radius 2 is 1.63 bits per heavy atom. The maximum absolute atomic E-state index is 12.0. The Balaban J connectivity index is 2.59. The highest BCUT2D eigenvalue weighted by Gasteiger charge is 2.09. The Labute approximate surface area is 163 Å². The van der Waals surface area contributed by atoms with E-state index in [9.17, 15) is 13.2 Å². The van der Waals surface area contributed by atoms with E-state index in [4.69, 9.17) is 0 Å². The van der Waals surface area contributed by atoms with Crippen LogP contribution in [0.1, 0.15) is 38.3 Å². The summed E-state index contributed by atoms with van der Waals surface area (Å²) < 4.78 is 22.7. The number of nitrogens with one attached hydrogen (secondary N) is 2. The zero-order chi connectivity index (χ0) is 20.3. The quantitative estimate of drug-likeness (QED) is 0.462. The average molecular weight is 397 g/mol. The summed E-state index contributed by atoms with van der Waals surface area (Å²) in [6, 6.07) is 7.40. The number of aliphatic imine (C=N–C) groups is 1. The molecule has 1 rings (SSSR count). The van der Waals surface area contributed by atoms with Crippen LogP contribution in [-0.4, -0.2) is 57.6 Å². The van der Waals surface area contributed by atoms with Gasteiger partial charge in [-0.15, -0.1) is 0 Å². The fourth-order valence-electron chi connectivity index (χ4n) is 2.58. The van der Waals surface area contributed by atoms with Gasteiger partial charge in [0, 0.05) is 38.9 Å². The highest BCUT2D eigenvalue weighted by molar-refractivity contribution is 7.89. The number of carbonyl (C=O) groups is 1. The number of hydrogen-bond acceptors (Lipinski definition) is 4. The topological polar surface area (TPSA) is 90.9 Å². The fourth-order valence-corrected chi connectivity index (χ4v) is 3.38. The van der Waals surface area contributed by atoms with Gasteiger partial charge in [-0.05, 0) is 31.9 Å². The van der Waals surface area contributed by atoms with E-state index in [-0.39, 0.29) is 11.7 Å². The molecule has 27 heavy (non-hydrogen) atoms. The standard InChI is InChI=1S/C19H32N4O3S/c1-5-20-19(21-13-12-18(24)23(6-2)7-3)22-14-16-8-10-17(11-9-16)15-27(4,25)26/h8-11H,5-7,12-15H2,1-4H3,(H2,20,21,22). The van der Waals surface area contributed by atoms with Gasteiger partial charge in [-0.1, -0.05) is 24.3 Å². The van der Waals surface area contributed by atoms with Crippen molar-refractivity contribution in [3.63, 3.8) is 0 Å². The molecule has 0 aliphatic heterocycles. The molecule has 0 aliphatic carbocycles. The van der Waals surface area contributed by atoms with Gasteiger partial charge in [0.1, 0.15) is 0 Å². The molecule has 1 aromatic rings. The summed E-state index contributed by atoms with van der Waals surface area (Å²) in [7, 11) is -3.03. The van der Waals surface area contributed by atoms with Gasteiger partial charge in [0.2, 0.25) is 5.91 Å². The minimum absolute atomic E-state index is 0.0430. The van der Waals surface area contributed by atoms with Crippen molar-refractivity contribution in [2.24, 2.45) is 4.99 Å². The van der Waals surface area contributed by atoms with Crippen molar-refractivity contribution in [1.82, 2.24) is 15.5 Å². The fraction of sp³-hybridized carbons (Fsp3) is 0.579. The van der Waals surface area contributed by atoms with Crippen molar-refractivity contribution >= 4 is 21.7 Å². The van der Waals surface area contributed by atoms with Crippen LogP contribution in [0.2, 0.25) is 0 Å². The first-order valence-electron chi connectivity index (χ1n) is 9.34. The SMILES string of the molecule is CCNC(=NCc1ccc(CS(C)(=O)=O)cc1)NCCC(=O)N(CC)CC. The van der Waals surface area contributed by atoms with Crippen molar-refractivity contribution in [3.05, 3.63) is 35.4 Å². The first kappa shape index (κ1) is 23.0. The summed E-state index contributed by atoms with van der Waals surface area (Å²) in [6.45, 7) is 9.09. The second-order valence-electron chi connectivity index (χ2n) is 6.32. The van der Waals surface area contributed by atoms with E-state index in [1.165, 1.54) is 6.26 Å². The summed E-state index contributed by atoms with van der Waals surface area (Å²) >= 11 is 0. The van der Waals surface area contributed by atoms with Crippen LogP contribution in [0.4, 0.5) is 0 Å². The third-order valence-electron chi connectivity index (χ3n) is 3.96. The minimum Gasteiger partial charge on any atom is -0.357 e. The van der Waals surface area contributed by atoms with E-state index in [2.05, 4.69) is 15.6 Å². The molecule has 0 aliphatic rings. The Morgan fingerprint density at radius 3 is 2.15 bits per heavy atom. The van der Waals surface area contributed by atoms with Crippen LogP contribution in [0.3, 0.4) is 0 Å².